The van der Waals surface area contributed by atoms with Crippen LogP contribution in [0.2, 0.25) is 5.02 Å². The van der Waals surface area contributed by atoms with E-state index in [-0.39, 0.29) is 15.5 Å². The van der Waals surface area contributed by atoms with Gasteiger partial charge in [-0.2, -0.15) is 0 Å². The maximum absolute atomic E-state index is 10.9. The van der Waals surface area contributed by atoms with E-state index in [0.717, 1.165) is 12.1 Å². The Morgan fingerprint density at radius 3 is 2.29 bits per heavy atom. The number of primary amides is 1. The molecule has 1 aromatic carbocycles. The molecule has 1 rings (SSSR count). The lowest BCUT2D eigenvalue weighted by Gasteiger charge is -2.01. The Hall–Kier alpha value is -0.780. The van der Waals surface area contributed by atoms with Crippen LogP contribution in [0.1, 0.15) is 10.4 Å². The number of hydrogen-bond acceptors (Lipinski definition) is 3. The van der Waals surface area contributed by atoms with Crippen molar-refractivity contribution in [3.63, 3.8) is 0 Å². The lowest BCUT2D eigenvalue weighted by atomic mass is 10.2. The molecule has 0 aliphatic heterocycles. The Bertz CT molecular complexity index is 484. The number of halogens is 2. The van der Waals surface area contributed by atoms with Crippen LogP contribution in [-0.2, 0) is 9.05 Å². The Labute approximate surface area is 90.0 Å². The van der Waals surface area contributed by atoms with E-state index in [1.165, 1.54) is 6.07 Å². The molecule has 0 saturated carbocycles. The molecule has 0 radical (unpaired) electrons. The van der Waals surface area contributed by atoms with Crippen LogP contribution in [0.4, 0.5) is 0 Å². The average Bonchev–Trinajstić information content (AvgIpc) is 2.01. The molecule has 2 N–H and O–H groups in total. The van der Waals surface area contributed by atoms with Gasteiger partial charge in [0.2, 0.25) is 5.91 Å². The molecule has 0 spiro atoms. The second kappa shape index (κ2) is 3.76. The van der Waals surface area contributed by atoms with E-state index < -0.39 is 15.0 Å². The summed E-state index contributed by atoms with van der Waals surface area (Å²) in [7, 11) is 1.23. The van der Waals surface area contributed by atoms with Gasteiger partial charge in [-0.1, -0.05) is 11.6 Å². The molecular weight excluding hydrogens is 249 g/mol. The van der Waals surface area contributed by atoms with Crippen LogP contribution >= 0.6 is 22.3 Å². The van der Waals surface area contributed by atoms with Gasteiger partial charge in [0.25, 0.3) is 9.05 Å². The summed E-state index contributed by atoms with van der Waals surface area (Å²) >= 11 is 5.61. The maximum atomic E-state index is 10.9. The quantitative estimate of drug-likeness (QED) is 0.809. The molecule has 0 bridgehead atoms. The zero-order chi connectivity index (χ0) is 10.9. The Kier molecular flexibility index (Phi) is 3.04. The van der Waals surface area contributed by atoms with Crippen LogP contribution < -0.4 is 5.73 Å². The van der Waals surface area contributed by atoms with Gasteiger partial charge in [-0.3, -0.25) is 4.79 Å². The monoisotopic (exact) mass is 253 g/mol. The van der Waals surface area contributed by atoms with Crippen molar-refractivity contribution >= 4 is 37.2 Å². The van der Waals surface area contributed by atoms with Crippen LogP contribution in [0.5, 0.6) is 0 Å². The zero-order valence-electron chi connectivity index (χ0n) is 6.70. The highest BCUT2D eigenvalue weighted by Gasteiger charge is 2.13. The lowest BCUT2D eigenvalue weighted by Crippen LogP contribution is -2.11. The van der Waals surface area contributed by atoms with Crippen LogP contribution in [-0.4, -0.2) is 14.3 Å². The topological polar surface area (TPSA) is 77.2 Å². The molecule has 0 fully saturated rings. The van der Waals surface area contributed by atoms with Gasteiger partial charge in [0, 0.05) is 10.7 Å². The third kappa shape index (κ3) is 2.37. The van der Waals surface area contributed by atoms with Crippen molar-refractivity contribution < 1.29 is 13.2 Å². The summed E-state index contributed by atoms with van der Waals surface area (Å²) in [6.07, 6.45) is 0. The minimum atomic E-state index is -3.83. The second-order valence-electron chi connectivity index (χ2n) is 2.44. The highest BCUT2D eigenvalue weighted by molar-refractivity contribution is 8.13. The first-order valence-electron chi connectivity index (χ1n) is 3.36. The molecular formula is C7H5Cl2NO3S. The molecule has 0 saturated heterocycles. The van der Waals surface area contributed by atoms with E-state index in [9.17, 15) is 13.2 Å². The molecule has 76 valence electrons. The highest BCUT2D eigenvalue weighted by atomic mass is 35.7. The van der Waals surface area contributed by atoms with E-state index in [2.05, 4.69) is 0 Å². The third-order valence-electron chi connectivity index (χ3n) is 1.49. The van der Waals surface area contributed by atoms with Crippen LogP contribution in [0, 0.1) is 0 Å². The second-order valence-corrected chi connectivity index (χ2v) is 5.42. The first kappa shape index (κ1) is 11.3. The van der Waals surface area contributed by atoms with Gasteiger partial charge in [-0.15, -0.1) is 0 Å². The van der Waals surface area contributed by atoms with Gasteiger partial charge in [0.15, 0.2) is 0 Å². The van der Waals surface area contributed by atoms with Crippen molar-refractivity contribution in [2.24, 2.45) is 5.73 Å². The standard InChI is InChI=1S/C7H5Cl2NO3S/c8-6-3-4(14(9,12)13)1-2-5(6)7(10)11/h1-3H,(H2,10,11). The highest BCUT2D eigenvalue weighted by Crippen LogP contribution is 2.22. The number of amides is 1. The number of nitrogens with two attached hydrogens (primary N) is 1. The van der Waals surface area contributed by atoms with E-state index in [1.54, 1.807) is 0 Å². The molecule has 0 aliphatic carbocycles. The summed E-state index contributed by atoms with van der Waals surface area (Å²) in [5, 5.41) is -0.0424. The number of carbonyl (C=O) groups is 1. The first-order valence-corrected chi connectivity index (χ1v) is 6.05. The minimum absolute atomic E-state index is 0.0424. The fraction of sp³-hybridized carbons (Fsp3) is 0. The first-order chi connectivity index (χ1) is 6.32. The van der Waals surface area contributed by atoms with E-state index in [4.69, 9.17) is 28.0 Å². The van der Waals surface area contributed by atoms with Gasteiger partial charge < -0.3 is 5.73 Å². The van der Waals surface area contributed by atoms with Gasteiger partial charge >= 0.3 is 0 Å². The number of benzene rings is 1. The number of hydrogen-bond donors (Lipinski definition) is 1. The van der Waals surface area contributed by atoms with Crippen LogP contribution in [0.25, 0.3) is 0 Å². The van der Waals surface area contributed by atoms with Gasteiger partial charge in [-0.05, 0) is 18.2 Å². The maximum Gasteiger partial charge on any atom is 0.261 e. The van der Waals surface area contributed by atoms with Gasteiger partial charge in [0.1, 0.15) is 0 Å². The van der Waals surface area contributed by atoms with Crippen molar-refractivity contribution in [1.29, 1.82) is 0 Å². The number of rotatable bonds is 2. The fourth-order valence-electron chi connectivity index (χ4n) is 0.847. The molecule has 4 nitrogen and oxygen atoms in total. The Morgan fingerprint density at radius 1 is 1.36 bits per heavy atom. The summed E-state index contributed by atoms with van der Waals surface area (Å²) in [6, 6.07) is 3.44. The van der Waals surface area contributed by atoms with E-state index in [0.29, 0.717) is 0 Å². The Balaban J connectivity index is 3.34. The van der Waals surface area contributed by atoms with Gasteiger partial charge in [-0.25, -0.2) is 8.42 Å². The van der Waals surface area contributed by atoms with Crippen LogP contribution in [0.15, 0.2) is 23.1 Å². The molecule has 0 atom stereocenters. The van der Waals surface area contributed by atoms with E-state index in [1.807, 2.05) is 0 Å². The predicted octanol–water partition coefficient (Wildman–Crippen LogP) is 1.37. The number of carbonyl (C=O) groups excluding carboxylic acids is 1. The fourth-order valence-corrected chi connectivity index (χ4v) is 1.96. The molecule has 1 aromatic rings. The van der Waals surface area contributed by atoms with Crippen molar-refractivity contribution in [2.75, 3.05) is 0 Å². The van der Waals surface area contributed by atoms with Crippen molar-refractivity contribution in [3.05, 3.63) is 28.8 Å². The summed E-state index contributed by atoms with van der Waals surface area (Å²) in [5.41, 5.74) is 5.02. The summed E-state index contributed by atoms with van der Waals surface area (Å²) in [5.74, 6) is -0.728. The van der Waals surface area contributed by atoms with Gasteiger partial charge in [0.05, 0.1) is 15.5 Å². The lowest BCUT2D eigenvalue weighted by molar-refractivity contribution is 0.100. The van der Waals surface area contributed by atoms with E-state index >= 15 is 0 Å². The minimum Gasteiger partial charge on any atom is -0.366 e. The van der Waals surface area contributed by atoms with Crippen molar-refractivity contribution in [3.8, 4) is 0 Å². The van der Waals surface area contributed by atoms with Crippen molar-refractivity contribution in [1.82, 2.24) is 0 Å². The van der Waals surface area contributed by atoms with Crippen LogP contribution in [0.3, 0.4) is 0 Å². The molecule has 14 heavy (non-hydrogen) atoms. The summed E-state index contributed by atoms with van der Waals surface area (Å²) < 4.78 is 21.7. The SMILES string of the molecule is NC(=O)c1ccc(S(=O)(=O)Cl)cc1Cl. The average molecular weight is 254 g/mol. The predicted molar refractivity (Wildman–Crippen MR) is 53.0 cm³/mol. The molecule has 0 aliphatic rings. The Morgan fingerprint density at radius 2 is 1.93 bits per heavy atom. The molecule has 0 heterocycles. The molecule has 0 unspecified atom stereocenters. The normalized spacial score (nSPS) is 11.3. The summed E-state index contributed by atoms with van der Waals surface area (Å²) in [4.78, 5) is 10.6. The third-order valence-corrected chi connectivity index (χ3v) is 3.15. The summed E-state index contributed by atoms with van der Waals surface area (Å²) in [6.45, 7) is 0. The molecule has 1 amide bonds. The molecule has 7 heteroatoms. The largest absolute Gasteiger partial charge is 0.366 e. The zero-order valence-corrected chi connectivity index (χ0v) is 9.03. The van der Waals surface area contributed by atoms with Crippen molar-refractivity contribution in [2.45, 2.75) is 4.90 Å². The molecule has 0 aromatic heterocycles. The smallest absolute Gasteiger partial charge is 0.261 e.